The van der Waals surface area contributed by atoms with Crippen LogP contribution in [0.25, 0.3) is 11.3 Å². The highest BCUT2D eigenvalue weighted by atomic mass is 79.9. The highest BCUT2D eigenvalue weighted by molar-refractivity contribution is 9.11. The van der Waals surface area contributed by atoms with Gasteiger partial charge in [-0.05, 0) is 28.1 Å². The molecule has 78 valence electrons. The zero-order chi connectivity index (χ0) is 11.0. The molecule has 5 heteroatoms. The SMILES string of the molecule is Cn1nc(-c2cccc(Br)c2)c(Br)c1N. The van der Waals surface area contributed by atoms with Crippen molar-refractivity contribution in [1.29, 1.82) is 0 Å². The second kappa shape index (κ2) is 3.98. The zero-order valence-corrected chi connectivity index (χ0v) is 11.2. The molecule has 0 saturated heterocycles. The zero-order valence-electron chi connectivity index (χ0n) is 8.04. The Kier molecular flexibility index (Phi) is 2.84. The smallest absolute Gasteiger partial charge is 0.136 e. The molecule has 2 rings (SSSR count). The number of hydrogen-bond acceptors (Lipinski definition) is 2. The first-order valence-corrected chi connectivity index (χ1v) is 5.92. The number of nitrogen functional groups attached to an aromatic ring is 1. The molecule has 1 aromatic heterocycles. The number of aryl methyl sites for hydroxylation is 1. The van der Waals surface area contributed by atoms with E-state index in [-0.39, 0.29) is 0 Å². The first-order chi connectivity index (χ1) is 7.09. The van der Waals surface area contributed by atoms with Gasteiger partial charge in [-0.1, -0.05) is 28.1 Å². The van der Waals surface area contributed by atoms with Crippen molar-refractivity contribution in [1.82, 2.24) is 9.78 Å². The fourth-order valence-corrected chi connectivity index (χ4v) is 2.30. The summed E-state index contributed by atoms with van der Waals surface area (Å²) in [4.78, 5) is 0. The Hall–Kier alpha value is -0.810. The Morgan fingerprint density at radius 1 is 1.33 bits per heavy atom. The van der Waals surface area contributed by atoms with E-state index in [2.05, 4.69) is 37.0 Å². The number of anilines is 1. The molecule has 0 atom stereocenters. The quantitative estimate of drug-likeness (QED) is 0.872. The lowest BCUT2D eigenvalue weighted by atomic mass is 10.1. The highest BCUT2D eigenvalue weighted by Crippen LogP contribution is 2.32. The third-order valence-corrected chi connectivity index (χ3v) is 3.40. The van der Waals surface area contributed by atoms with E-state index in [1.165, 1.54) is 0 Å². The lowest BCUT2D eigenvalue weighted by Crippen LogP contribution is -1.97. The summed E-state index contributed by atoms with van der Waals surface area (Å²) in [6.45, 7) is 0. The number of rotatable bonds is 1. The predicted molar refractivity (Wildman–Crippen MR) is 68.5 cm³/mol. The predicted octanol–water partition coefficient (Wildman–Crippen LogP) is 3.19. The van der Waals surface area contributed by atoms with Crippen LogP contribution in [-0.4, -0.2) is 9.78 Å². The number of nitrogens with two attached hydrogens (primary N) is 1. The fraction of sp³-hybridized carbons (Fsp3) is 0.100. The molecule has 1 aromatic carbocycles. The molecule has 0 aliphatic carbocycles. The van der Waals surface area contributed by atoms with Gasteiger partial charge in [0.2, 0.25) is 0 Å². The fourth-order valence-electron chi connectivity index (χ4n) is 1.33. The number of nitrogens with zero attached hydrogens (tertiary/aromatic N) is 2. The summed E-state index contributed by atoms with van der Waals surface area (Å²) in [6.07, 6.45) is 0. The van der Waals surface area contributed by atoms with Gasteiger partial charge < -0.3 is 5.73 Å². The van der Waals surface area contributed by atoms with Crippen LogP contribution in [0.15, 0.2) is 33.2 Å². The molecule has 0 fully saturated rings. The Morgan fingerprint density at radius 3 is 2.60 bits per heavy atom. The van der Waals surface area contributed by atoms with Crippen LogP contribution in [0.4, 0.5) is 5.82 Å². The van der Waals surface area contributed by atoms with Gasteiger partial charge in [-0.2, -0.15) is 5.10 Å². The van der Waals surface area contributed by atoms with Gasteiger partial charge in [-0.3, -0.25) is 4.68 Å². The minimum Gasteiger partial charge on any atom is -0.383 e. The molecule has 0 aliphatic heterocycles. The molecule has 0 aliphatic rings. The van der Waals surface area contributed by atoms with Crippen LogP contribution in [0.1, 0.15) is 0 Å². The molecule has 2 aromatic rings. The van der Waals surface area contributed by atoms with E-state index in [4.69, 9.17) is 5.73 Å². The molecule has 1 heterocycles. The van der Waals surface area contributed by atoms with E-state index >= 15 is 0 Å². The number of benzene rings is 1. The third kappa shape index (κ3) is 1.94. The van der Waals surface area contributed by atoms with Gasteiger partial charge in [-0.15, -0.1) is 0 Å². The molecule has 3 nitrogen and oxygen atoms in total. The van der Waals surface area contributed by atoms with Crippen molar-refractivity contribution in [3.63, 3.8) is 0 Å². The highest BCUT2D eigenvalue weighted by Gasteiger charge is 2.12. The normalized spacial score (nSPS) is 10.6. The van der Waals surface area contributed by atoms with E-state index in [0.29, 0.717) is 5.82 Å². The molecule has 15 heavy (non-hydrogen) atoms. The van der Waals surface area contributed by atoms with Crippen LogP contribution in [0.2, 0.25) is 0 Å². The molecule has 0 saturated carbocycles. The van der Waals surface area contributed by atoms with Crippen LogP contribution in [0.3, 0.4) is 0 Å². The minimum atomic E-state index is 0.630. The van der Waals surface area contributed by atoms with Crippen LogP contribution in [-0.2, 0) is 7.05 Å². The molecule has 0 amide bonds. The Balaban J connectivity index is 2.59. The molecular formula is C10H9Br2N3. The van der Waals surface area contributed by atoms with Gasteiger partial charge in [0.15, 0.2) is 0 Å². The summed E-state index contributed by atoms with van der Waals surface area (Å²) in [5, 5.41) is 4.35. The maximum absolute atomic E-state index is 5.82. The van der Waals surface area contributed by atoms with E-state index < -0.39 is 0 Å². The molecule has 0 bridgehead atoms. The van der Waals surface area contributed by atoms with E-state index in [0.717, 1.165) is 20.2 Å². The minimum absolute atomic E-state index is 0.630. The number of hydrogen-bond donors (Lipinski definition) is 1. The number of aromatic nitrogens is 2. The Morgan fingerprint density at radius 2 is 2.07 bits per heavy atom. The van der Waals surface area contributed by atoms with Crippen molar-refractivity contribution >= 4 is 37.7 Å². The van der Waals surface area contributed by atoms with Crippen molar-refractivity contribution < 1.29 is 0 Å². The summed E-state index contributed by atoms with van der Waals surface area (Å²) >= 11 is 6.87. The first-order valence-electron chi connectivity index (χ1n) is 4.33. The van der Waals surface area contributed by atoms with Crippen LogP contribution in [0, 0.1) is 0 Å². The van der Waals surface area contributed by atoms with Crippen LogP contribution in [0.5, 0.6) is 0 Å². The first kappa shape index (κ1) is 10.7. The van der Waals surface area contributed by atoms with Gasteiger partial charge in [0.1, 0.15) is 11.5 Å². The van der Waals surface area contributed by atoms with Crippen molar-refractivity contribution in [3.8, 4) is 11.3 Å². The lowest BCUT2D eigenvalue weighted by Gasteiger charge is -1.97. The number of halogens is 2. The van der Waals surface area contributed by atoms with Crippen molar-refractivity contribution in [3.05, 3.63) is 33.2 Å². The van der Waals surface area contributed by atoms with E-state index in [1.807, 2.05) is 31.3 Å². The van der Waals surface area contributed by atoms with E-state index in [9.17, 15) is 0 Å². The molecule has 2 N–H and O–H groups in total. The van der Waals surface area contributed by atoms with Gasteiger partial charge in [0.25, 0.3) is 0 Å². The van der Waals surface area contributed by atoms with Gasteiger partial charge >= 0.3 is 0 Å². The lowest BCUT2D eigenvalue weighted by molar-refractivity contribution is 0.782. The van der Waals surface area contributed by atoms with Gasteiger partial charge in [0.05, 0.1) is 4.47 Å². The topological polar surface area (TPSA) is 43.8 Å². The molecule has 0 spiro atoms. The average molecular weight is 331 g/mol. The van der Waals surface area contributed by atoms with E-state index in [1.54, 1.807) is 4.68 Å². The van der Waals surface area contributed by atoms with Gasteiger partial charge in [-0.25, -0.2) is 0 Å². The maximum atomic E-state index is 5.82. The maximum Gasteiger partial charge on any atom is 0.136 e. The van der Waals surface area contributed by atoms with Crippen LogP contribution < -0.4 is 5.73 Å². The third-order valence-electron chi connectivity index (χ3n) is 2.13. The summed E-state index contributed by atoms with van der Waals surface area (Å²) in [5.41, 5.74) is 7.71. The van der Waals surface area contributed by atoms with Crippen molar-refractivity contribution in [2.45, 2.75) is 0 Å². The summed E-state index contributed by atoms with van der Waals surface area (Å²) in [5.74, 6) is 0.630. The molecule has 0 radical (unpaired) electrons. The second-order valence-electron chi connectivity index (χ2n) is 3.18. The summed E-state index contributed by atoms with van der Waals surface area (Å²) in [6, 6.07) is 7.95. The average Bonchev–Trinajstić information content (AvgIpc) is 2.46. The Labute approximate surface area is 105 Å². The Bertz CT molecular complexity index is 505. The monoisotopic (exact) mass is 329 g/mol. The summed E-state index contributed by atoms with van der Waals surface area (Å²) < 4.78 is 3.51. The summed E-state index contributed by atoms with van der Waals surface area (Å²) in [7, 11) is 1.82. The standard InChI is InChI=1S/C10H9Br2N3/c1-15-10(13)8(12)9(14-15)6-3-2-4-7(11)5-6/h2-5H,13H2,1H3. The van der Waals surface area contributed by atoms with Gasteiger partial charge in [0, 0.05) is 17.1 Å². The largest absolute Gasteiger partial charge is 0.383 e. The van der Waals surface area contributed by atoms with Crippen molar-refractivity contribution in [2.75, 3.05) is 5.73 Å². The molecular weight excluding hydrogens is 322 g/mol. The second-order valence-corrected chi connectivity index (χ2v) is 4.89. The molecule has 0 unspecified atom stereocenters. The van der Waals surface area contributed by atoms with Crippen LogP contribution >= 0.6 is 31.9 Å². The van der Waals surface area contributed by atoms with Crippen molar-refractivity contribution in [2.24, 2.45) is 7.05 Å².